The first-order chi connectivity index (χ1) is 36.6. The molecular formula is C65H68O10. The first kappa shape index (κ1) is 51.7. The topological polar surface area (TPSA) is 142 Å². The number of esters is 2. The van der Waals surface area contributed by atoms with Crippen molar-refractivity contribution in [1.29, 1.82) is 0 Å². The number of rotatable bonds is 13. The lowest BCUT2D eigenvalue weighted by Gasteiger charge is -2.47. The third-order valence-electron chi connectivity index (χ3n) is 16.4. The Bertz CT molecular complexity index is 3190. The normalized spacial score (nSPS) is 22.8. The lowest BCUT2D eigenvalue weighted by molar-refractivity contribution is -0.194. The lowest BCUT2D eigenvalue weighted by atomic mass is 9.67. The first-order valence-electron chi connectivity index (χ1n) is 26.9. The van der Waals surface area contributed by atoms with Crippen LogP contribution in [0.3, 0.4) is 0 Å². The number of methoxy groups -OCH3 is 1. The zero-order valence-corrected chi connectivity index (χ0v) is 43.4. The number of benzene rings is 5. The molecule has 1 aliphatic carbocycles. The molecule has 10 heteroatoms. The van der Waals surface area contributed by atoms with E-state index in [0.29, 0.717) is 60.8 Å². The number of aryl methyl sites for hydroxylation is 2. The molecule has 0 radical (unpaired) electrons. The van der Waals surface area contributed by atoms with Gasteiger partial charge in [0.25, 0.3) is 0 Å². The molecule has 7 atom stereocenters. The van der Waals surface area contributed by atoms with Crippen molar-refractivity contribution in [2.24, 2.45) is 5.92 Å². The van der Waals surface area contributed by atoms with E-state index in [2.05, 4.69) is 90.7 Å². The van der Waals surface area contributed by atoms with Crippen molar-refractivity contribution in [2.75, 3.05) is 20.3 Å². The van der Waals surface area contributed by atoms with Crippen LogP contribution >= 0.6 is 0 Å². The molecular weight excluding hydrogens is 941 g/mol. The molecule has 6 aromatic rings. The number of ether oxygens (including phenoxy) is 4. The summed E-state index contributed by atoms with van der Waals surface area (Å²) in [4.78, 5) is 45.1. The van der Waals surface area contributed by atoms with Crippen LogP contribution in [0.5, 0.6) is 5.75 Å². The van der Waals surface area contributed by atoms with Crippen molar-refractivity contribution in [3.63, 3.8) is 0 Å². The number of aliphatic hydroxyl groups is 2. The van der Waals surface area contributed by atoms with E-state index in [0.717, 1.165) is 47.9 Å². The predicted molar refractivity (Wildman–Crippen MR) is 289 cm³/mol. The third-order valence-corrected chi connectivity index (χ3v) is 16.4. The van der Waals surface area contributed by atoms with Gasteiger partial charge in [0.2, 0.25) is 0 Å². The summed E-state index contributed by atoms with van der Waals surface area (Å²) in [5, 5.41) is 21.6. The molecule has 1 fully saturated rings. The van der Waals surface area contributed by atoms with Crippen LogP contribution in [-0.2, 0) is 56.1 Å². The van der Waals surface area contributed by atoms with Gasteiger partial charge in [0.15, 0.2) is 17.8 Å². The van der Waals surface area contributed by atoms with Crippen LogP contribution in [0.15, 0.2) is 136 Å². The lowest BCUT2D eigenvalue weighted by Crippen LogP contribution is -2.56. The smallest absolute Gasteiger partial charge is 0.340 e. The maximum absolute atomic E-state index is 15.5. The van der Waals surface area contributed by atoms with Crippen molar-refractivity contribution in [3.05, 3.63) is 192 Å². The van der Waals surface area contributed by atoms with E-state index in [1.807, 2.05) is 38.1 Å². The Morgan fingerprint density at radius 1 is 0.840 bits per heavy atom. The second-order valence-corrected chi connectivity index (χ2v) is 21.4. The average molecular weight is 1010 g/mol. The number of aliphatic hydroxyl groups excluding tert-OH is 2. The van der Waals surface area contributed by atoms with Gasteiger partial charge in [0.1, 0.15) is 11.3 Å². The second-order valence-electron chi connectivity index (χ2n) is 21.4. The van der Waals surface area contributed by atoms with Crippen molar-refractivity contribution in [3.8, 4) is 17.6 Å². The molecule has 5 bridgehead atoms. The van der Waals surface area contributed by atoms with Crippen LogP contribution in [0.2, 0.25) is 0 Å². The Morgan fingerprint density at radius 3 is 2.39 bits per heavy atom. The van der Waals surface area contributed by atoms with Gasteiger partial charge in [-0.15, -0.1) is 0 Å². The summed E-state index contributed by atoms with van der Waals surface area (Å²) in [6.07, 6.45) is 4.36. The van der Waals surface area contributed by atoms with Gasteiger partial charge >= 0.3 is 17.6 Å². The monoisotopic (exact) mass is 1010 g/mol. The molecule has 7 unspecified atom stereocenters. The minimum absolute atomic E-state index is 0.0346. The van der Waals surface area contributed by atoms with E-state index >= 15 is 9.59 Å². The molecule has 2 N–H and O–H groups in total. The molecule has 0 amide bonds. The van der Waals surface area contributed by atoms with Gasteiger partial charge in [0, 0.05) is 49.0 Å². The highest BCUT2D eigenvalue weighted by atomic mass is 16.6. The predicted octanol–water partition coefficient (Wildman–Crippen LogP) is 11.6. The summed E-state index contributed by atoms with van der Waals surface area (Å²) in [5.74, 6) is 5.89. The minimum Gasteiger partial charge on any atom is -0.482 e. The molecule has 4 aliphatic rings. The fourth-order valence-corrected chi connectivity index (χ4v) is 12.7. The summed E-state index contributed by atoms with van der Waals surface area (Å²) in [7, 11) is 1.51. The van der Waals surface area contributed by atoms with Crippen LogP contribution in [0, 0.1) is 17.8 Å². The molecule has 0 saturated heterocycles. The molecule has 0 spiro atoms. The van der Waals surface area contributed by atoms with E-state index in [9.17, 15) is 15.0 Å². The molecule has 10 rings (SSSR count). The molecule has 1 saturated carbocycles. The number of fused-ring (bicyclic) bond motifs is 9. The molecule has 1 aromatic heterocycles. The molecule has 3 aliphatic heterocycles. The summed E-state index contributed by atoms with van der Waals surface area (Å²) < 4.78 is 33.1. The Hall–Kier alpha value is -6.77. The van der Waals surface area contributed by atoms with Crippen LogP contribution < -0.4 is 10.4 Å². The fourth-order valence-electron chi connectivity index (χ4n) is 12.7. The van der Waals surface area contributed by atoms with Gasteiger partial charge in [-0.2, -0.15) is 0 Å². The van der Waals surface area contributed by atoms with Crippen molar-refractivity contribution < 1.29 is 43.2 Å². The number of carbonyl (C=O) groups is 2. The average Bonchev–Trinajstić information content (AvgIpc) is 3.43. The Balaban J connectivity index is 1.15. The number of hydrogen-bond acceptors (Lipinski definition) is 10. The Morgan fingerprint density at radius 2 is 1.63 bits per heavy atom. The first-order valence-corrected chi connectivity index (χ1v) is 26.9. The van der Waals surface area contributed by atoms with Gasteiger partial charge in [-0.25, -0.2) is 9.59 Å². The SMILES string of the molecule is COCC(CCO)c1c(CO)c2ccc3c(c2oc1=O)C1OC(=O)CC2CC(c4cccc(Cc5ccccc5)c4)CCC2c2ccc4cc2CC#CCC(CCCc2ccccc2)(O3)C1OC(=O)C(=C(C)C)CC4. The third kappa shape index (κ3) is 11.0. The van der Waals surface area contributed by atoms with Gasteiger partial charge in [-0.3, -0.25) is 4.79 Å². The highest BCUT2D eigenvalue weighted by Gasteiger charge is 2.55. The number of carbonyl (C=O) groups excluding carboxylic acids is 2. The highest BCUT2D eigenvalue weighted by molar-refractivity contribution is 5.90. The summed E-state index contributed by atoms with van der Waals surface area (Å²) >= 11 is 0. The molecule has 388 valence electrons. The van der Waals surface area contributed by atoms with Crippen LogP contribution in [0.1, 0.15) is 151 Å². The van der Waals surface area contributed by atoms with Gasteiger partial charge in [-0.1, -0.05) is 121 Å². The fraction of sp³-hybridized carbons (Fsp3) is 0.400. The van der Waals surface area contributed by atoms with Gasteiger partial charge < -0.3 is 33.6 Å². The number of allylic oxidation sites excluding steroid dienone is 1. The second kappa shape index (κ2) is 23.0. The molecule has 10 nitrogen and oxygen atoms in total. The summed E-state index contributed by atoms with van der Waals surface area (Å²) in [5.41, 5.74) is 8.35. The van der Waals surface area contributed by atoms with E-state index in [1.165, 1.54) is 29.4 Å². The van der Waals surface area contributed by atoms with Crippen molar-refractivity contribution in [2.45, 2.75) is 139 Å². The standard InChI is InChI=1S/C65H68O10/c1-41(2)51-25-22-44-23-26-52-48(35-44)20-10-11-31-65(32-13-19-42-14-6-4-7-15-42)62(74-63(51)69)61(59-56(75-65)29-28-54-55(39-67)58(64(70)73-60(54)59)49(30-33-66)40-71-3)72-57(68)38-50-37-47(24-27-53(50)52)46-21-12-18-45(36-46)34-43-16-8-5-9-17-43/h4-9,12,14-18,21,23,26,28-29,35-36,47,49-50,53,61-62,66-67H,13,19-20,22,24-25,27,30-34,37-40H2,1-3H3. The summed E-state index contributed by atoms with van der Waals surface area (Å²) in [6, 6.07) is 39.7. The highest BCUT2D eigenvalue weighted by Crippen LogP contribution is 2.52. The minimum atomic E-state index is -1.34. The van der Waals surface area contributed by atoms with E-state index in [1.54, 1.807) is 12.1 Å². The van der Waals surface area contributed by atoms with Crippen LogP contribution in [0.25, 0.3) is 11.0 Å². The molecule has 75 heavy (non-hydrogen) atoms. The largest absolute Gasteiger partial charge is 0.482 e. The Labute approximate surface area is 440 Å². The van der Waals surface area contributed by atoms with E-state index < -0.39 is 47.9 Å². The molecule has 4 heterocycles. The van der Waals surface area contributed by atoms with E-state index in [4.69, 9.17) is 23.4 Å². The maximum Gasteiger partial charge on any atom is 0.340 e. The zero-order valence-electron chi connectivity index (χ0n) is 43.4. The van der Waals surface area contributed by atoms with Gasteiger partial charge in [0.05, 0.1) is 25.2 Å². The van der Waals surface area contributed by atoms with Crippen LogP contribution in [-0.4, -0.2) is 54.2 Å². The van der Waals surface area contributed by atoms with Crippen molar-refractivity contribution >= 4 is 22.9 Å². The molecule has 5 aromatic carbocycles. The van der Waals surface area contributed by atoms with E-state index in [-0.39, 0.29) is 66.9 Å². The van der Waals surface area contributed by atoms with Crippen LogP contribution in [0.4, 0.5) is 0 Å². The summed E-state index contributed by atoms with van der Waals surface area (Å²) in [6.45, 7) is 3.17. The Kier molecular flexibility index (Phi) is 15.9. The zero-order chi connectivity index (χ0) is 52.1. The maximum atomic E-state index is 15.5. The van der Waals surface area contributed by atoms with Gasteiger partial charge in [-0.05, 0) is 152 Å². The number of hydrogen-bond donors (Lipinski definition) is 2. The van der Waals surface area contributed by atoms with Crippen molar-refractivity contribution in [1.82, 2.24) is 0 Å². The quantitative estimate of drug-likeness (QED) is 0.0497.